The Hall–Kier alpha value is -2.33. The number of para-hydroxylation sites is 1. The normalized spacial score (nSPS) is 11.5. The molecule has 0 atom stereocenters. The molecule has 0 aliphatic rings. The second-order valence-corrected chi connectivity index (χ2v) is 8.64. The molecule has 0 unspecified atom stereocenters. The summed E-state index contributed by atoms with van der Waals surface area (Å²) in [7, 11) is 0. The summed E-state index contributed by atoms with van der Waals surface area (Å²) in [4.78, 5) is 1.26. The fourth-order valence-electron chi connectivity index (χ4n) is 3.35. The zero-order valence-corrected chi connectivity index (χ0v) is 17.9. The number of benzene rings is 3. The highest BCUT2D eigenvalue weighted by molar-refractivity contribution is 7.98. The SMILES string of the molecule is CSc1ccc(C(C)(C)CCCc2ccc(F)c(Oc3ccccc3F)c2)cc1. The molecule has 0 fully saturated rings. The molecule has 3 rings (SSSR count). The molecule has 4 heteroatoms. The van der Waals surface area contributed by atoms with Crippen LogP contribution in [0.25, 0.3) is 0 Å². The van der Waals surface area contributed by atoms with Gasteiger partial charge in [0.05, 0.1) is 0 Å². The van der Waals surface area contributed by atoms with Crippen LogP contribution in [0, 0.1) is 11.6 Å². The predicted octanol–water partition coefficient (Wildman–Crippen LogP) is 7.78. The Morgan fingerprint density at radius 1 is 0.862 bits per heavy atom. The summed E-state index contributed by atoms with van der Waals surface area (Å²) < 4.78 is 33.4. The topological polar surface area (TPSA) is 9.23 Å². The molecule has 3 aromatic rings. The van der Waals surface area contributed by atoms with Crippen molar-refractivity contribution < 1.29 is 13.5 Å². The molecule has 0 spiro atoms. The van der Waals surface area contributed by atoms with Crippen molar-refractivity contribution in [3.63, 3.8) is 0 Å². The predicted molar refractivity (Wildman–Crippen MR) is 117 cm³/mol. The van der Waals surface area contributed by atoms with Gasteiger partial charge in [-0.15, -0.1) is 11.8 Å². The van der Waals surface area contributed by atoms with E-state index in [1.165, 1.54) is 28.7 Å². The number of rotatable bonds is 8. The first-order chi connectivity index (χ1) is 13.9. The molecular weight excluding hydrogens is 386 g/mol. The summed E-state index contributed by atoms with van der Waals surface area (Å²) in [5.41, 5.74) is 2.35. The van der Waals surface area contributed by atoms with Gasteiger partial charge in [-0.1, -0.05) is 44.2 Å². The van der Waals surface area contributed by atoms with Gasteiger partial charge in [-0.25, -0.2) is 8.78 Å². The highest BCUT2D eigenvalue weighted by Gasteiger charge is 2.20. The fraction of sp³-hybridized carbons (Fsp3) is 0.280. The Bertz CT molecular complexity index is 951. The molecule has 29 heavy (non-hydrogen) atoms. The van der Waals surface area contributed by atoms with Gasteiger partial charge in [-0.2, -0.15) is 0 Å². The van der Waals surface area contributed by atoms with Crippen molar-refractivity contribution in [3.8, 4) is 11.5 Å². The minimum absolute atomic E-state index is 0.0263. The molecule has 0 saturated carbocycles. The second kappa shape index (κ2) is 9.45. The van der Waals surface area contributed by atoms with E-state index in [0.717, 1.165) is 24.8 Å². The van der Waals surface area contributed by atoms with Gasteiger partial charge in [-0.3, -0.25) is 0 Å². The van der Waals surface area contributed by atoms with E-state index in [9.17, 15) is 8.78 Å². The number of hydrogen-bond acceptors (Lipinski definition) is 2. The highest BCUT2D eigenvalue weighted by Crippen LogP contribution is 2.32. The Kier molecular flexibility index (Phi) is 6.96. The van der Waals surface area contributed by atoms with E-state index >= 15 is 0 Å². The lowest BCUT2D eigenvalue weighted by Crippen LogP contribution is -2.17. The molecule has 1 nitrogen and oxygen atoms in total. The summed E-state index contributed by atoms with van der Waals surface area (Å²) in [6.07, 6.45) is 4.85. The lowest BCUT2D eigenvalue weighted by atomic mass is 9.80. The zero-order valence-electron chi connectivity index (χ0n) is 17.0. The van der Waals surface area contributed by atoms with Crippen molar-refractivity contribution in [3.05, 3.63) is 89.5 Å². The van der Waals surface area contributed by atoms with E-state index in [0.29, 0.717) is 0 Å². The third kappa shape index (κ3) is 5.60. The van der Waals surface area contributed by atoms with Gasteiger partial charge >= 0.3 is 0 Å². The molecule has 0 aliphatic carbocycles. The van der Waals surface area contributed by atoms with Gasteiger partial charge < -0.3 is 4.74 Å². The van der Waals surface area contributed by atoms with Crippen molar-refractivity contribution in [1.29, 1.82) is 0 Å². The van der Waals surface area contributed by atoms with Gasteiger partial charge in [0.1, 0.15) is 0 Å². The quantitative estimate of drug-likeness (QED) is 0.349. The van der Waals surface area contributed by atoms with E-state index in [2.05, 4.69) is 44.4 Å². The molecule has 0 heterocycles. The zero-order chi connectivity index (χ0) is 20.9. The Balaban J connectivity index is 1.64. The number of hydrogen-bond donors (Lipinski definition) is 0. The van der Waals surface area contributed by atoms with Crippen LogP contribution in [0.1, 0.15) is 37.8 Å². The van der Waals surface area contributed by atoms with Crippen LogP contribution >= 0.6 is 11.8 Å². The molecule has 3 aromatic carbocycles. The minimum Gasteiger partial charge on any atom is -0.451 e. The molecule has 0 saturated heterocycles. The van der Waals surface area contributed by atoms with Crippen LogP contribution in [0.2, 0.25) is 0 Å². The summed E-state index contributed by atoms with van der Waals surface area (Å²) in [6, 6.07) is 19.6. The fourth-order valence-corrected chi connectivity index (χ4v) is 3.76. The molecule has 0 bridgehead atoms. The third-order valence-corrected chi connectivity index (χ3v) is 5.93. The van der Waals surface area contributed by atoms with E-state index in [-0.39, 0.29) is 16.9 Å². The summed E-state index contributed by atoms with van der Waals surface area (Å²) in [5.74, 6) is -0.921. The molecule has 0 aromatic heterocycles. The molecule has 0 N–H and O–H groups in total. The standard InChI is InChI=1S/C25H26F2OS/c1-25(2,19-11-13-20(29-3)14-12-19)16-6-7-18-10-15-22(27)24(17-18)28-23-9-5-4-8-21(23)26/h4-5,8-15,17H,6-7,16H2,1-3H3. The Labute approximate surface area is 176 Å². The Morgan fingerprint density at radius 2 is 1.55 bits per heavy atom. The molecule has 0 amide bonds. The van der Waals surface area contributed by atoms with Crippen molar-refractivity contribution in [2.75, 3.05) is 6.26 Å². The average molecular weight is 413 g/mol. The van der Waals surface area contributed by atoms with Crippen LogP contribution in [0.4, 0.5) is 8.78 Å². The number of halogens is 2. The average Bonchev–Trinajstić information content (AvgIpc) is 2.72. The number of thioether (sulfide) groups is 1. The first-order valence-corrected chi connectivity index (χ1v) is 11.0. The molecule has 0 radical (unpaired) electrons. The first kappa shape index (κ1) is 21.4. The number of aryl methyl sites for hydroxylation is 1. The van der Waals surface area contributed by atoms with E-state index in [1.807, 2.05) is 0 Å². The van der Waals surface area contributed by atoms with Gasteiger partial charge in [0, 0.05) is 4.90 Å². The van der Waals surface area contributed by atoms with Gasteiger partial charge in [-0.05, 0) is 78.5 Å². The maximum Gasteiger partial charge on any atom is 0.165 e. The molecule has 0 aliphatic heterocycles. The minimum atomic E-state index is -0.508. The van der Waals surface area contributed by atoms with E-state index < -0.39 is 11.6 Å². The maximum absolute atomic E-state index is 14.1. The van der Waals surface area contributed by atoms with Crippen LogP contribution < -0.4 is 4.74 Å². The van der Waals surface area contributed by atoms with Crippen molar-refractivity contribution in [2.24, 2.45) is 0 Å². The van der Waals surface area contributed by atoms with Crippen molar-refractivity contribution >= 4 is 11.8 Å². The van der Waals surface area contributed by atoms with Crippen molar-refractivity contribution in [2.45, 2.75) is 43.4 Å². The largest absolute Gasteiger partial charge is 0.451 e. The number of ether oxygens (including phenoxy) is 1. The van der Waals surface area contributed by atoms with Crippen LogP contribution in [-0.2, 0) is 11.8 Å². The first-order valence-electron chi connectivity index (χ1n) is 9.74. The summed E-state index contributed by atoms with van der Waals surface area (Å²) >= 11 is 1.74. The van der Waals surface area contributed by atoms with Crippen LogP contribution in [0.15, 0.2) is 71.6 Å². The van der Waals surface area contributed by atoms with Crippen LogP contribution in [0.3, 0.4) is 0 Å². The van der Waals surface area contributed by atoms with Crippen LogP contribution in [0.5, 0.6) is 11.5 Å². The lowest BCUT2D eigenvalue weighted by molar-refractivity contribution is 0.413. The van der Waals surface area contributed by atoms with Crippen LogP contribution in [-0.4, -0.2) is 6.26 Å². The summed E-state index contributed by atoms with van der Waals surface area (Å²) in [6.45, 7) is 4.50. The van der Waals surface area contributed by atoms with Gasteiger partial charge in [0.2, 0.25) is 0 Å². The van der Waals surface area contributed by atoms with Gasteiger partial charge in [0.25, 0.3) is 0 Å². The maximum atomic E-state index is 14.1. The second-order valence-electron chi connectivity index (χ2n) is 7.76. The smallest absolute Gasteiger partial charge is 0.165 e. The van der Waals surface area contributed by atoms with E-state index in [4.69, 9.17) is 4.74 Å². The van der Waals surface area contributed by atoms with Gasteiger partial charge in [0.15, 0.2) is 23.1 Å². The Morgan fingerprint density at radius 3 is 2.24 bits per heavy atom. The molecular formula is C25H26F2OS. The third-order valence-electron chi connectivity index (χ3n) is 5.19. The highest BCUT2D eigenvalue weighted by atomic mass is 32.2. The lowest BCUT2D eigenvalue weighted by Gasteiger charge is -2.25. The monoisotopic (exact) mass is 412 g/mol. The summed E-state index contributed by atoms with van der Waals surface area (Å²) in [5, 5.41) is 0. The van der Waals surface area contributed by atoms with Crippen molar-refractivity contribution in [1.82, 2.24) is 0 Å². The van der Waals surface area contributed by atoms with E-state index in [1.54, 1.807) is 36.0 Å². The molecule has 152 valence electrons.